The van der Waals surface area contributed by atoms with Gasteiger partial charge < -0.3 is 0 Å². The minimum atomic E-state index is -0.330. The Morgan fingerprint density at radius 3 is 2.73 bits per heavy atom. The van der Waals surface area contributed by atoms with Crippen LogP contribution in [0.25, 0.3) is 0 Å². The van der Waals surface area contributed by atoms with Crippen molar-refractivity contribution in [2.45, 2.75) is 38.4 Å². The van der Waals surface area contributed by atoms with Crippen molar-refractivity contribution in [3.8, 4) is 0 Å². The van der Waals surface area contributed by atoms with Crippen LogP contribution in [-0.2, 0) is 6.54 Å². The number of Topliss-reactive ketones (excluding diaryl/α,β-unsaturated/α-hetero) is 1. The van der Waals surface area contributed by atoms with Crippen LogP contribution < -0.4 is 0 Å². The third-order valence-corrected chi connectivity index (χ3v) is 4.03. The molecule has 2 aromatic rings. The average molecular weight is 322 g/mol. The van der Waals surface area contributed by atoms with Crippen molar-refractivity contribution < 1.29 is 9.18 Å². The largest absolute Gasteiger partial charge is 0.294 e. The molecule has 0 aliphatic heterocycles. The molecule has 2 rings (SSSR count). The number of thioether (sulfide) groups is 1. The highest BCUT2D eigenvalue weighted by molar-refractivity contribution is 7.99. The van der Waals surface area contributed by atoms with E-state index in [0.717, 1.165) is 23.9 Å². The maximum atomic E-state index is 12.8. The number of halogens is 1. The van der Waals surface area contributed by atoms with E-state index < -0.39 is 0 Å². The number of carbonyl (C=O) groups is 1. The molecule has 0 aliphatic rings. The number of benzene rings is 1. The van der Waals surface area contributed by atoms with Crippen molar-refractivity contribution in [2.24, 2.45) is 5.92 Å². The fourth-order valence-corrected chi connectivity index (χ4v) is 2.76. The summed E-state index contributed by atoms with van der Waals surface area (Å²) in [6.45, 7) is 5.00. The van der Waals surface area contributed by atoms with Gasteiger partial charge in [0.15, 0.2) is 5.78 Å². The Morgan fingerprint density at radius 1 is 1.32 bits per heavy atom. The van der Waals surface area contributed by atoms with E-state index in [1.807, 2.05) is 0 Å². The number of ketones is 1. The van der Waals surface area contributed by atoms with Crippen LogP contribution in [0.15, 0.2) is 29.4 Å². The van der Waals surface area contributed by atoms with Gasteiger partial charge in [-0.05, 0) is 47.0 Å². The summed E-state index contributed by atoms with van der Waals surface area (Å²) < 4.78 is 14.6. The van der Waals surface area contributed by atoms with Crippen molar-refractivity contribution in [3.05, 3.63) is 35.6 Å². The number of aromatic nitrogens is 4. The summed E-state index contributed by atoms with van der Waals surface area (Å²) in [4.78, 5) is 12.0. The molecule has 118 valence electrons. The lowest BCUT2D eigenvalue weighted by Gasteiger charge is -2.06. The van der Waals surface area contributed by atoms with Gasteiger partial charge in [0.25, 0.3) is 0 Å². The monoisotopic (exact) mass is 322 g/mol. The molecule has 22 heavy (non-hydrogen) atoms. The molecule has 0 saturated heterocycles. The first-order valence-corrected chi connectivity index (χ1v) is 8.22. The predicted molar refractivity (Wildman–Crippen MR) is 83.3 cm³/mol. The first kappa shape index (κ1) is 16.6. The van der Waals surface area contributed by atoms with Crippen molar-refractivity contribution >= 4 is 17.5 Å². The van der Waals surface area contributed by atoms with Crippen molar-refractivity contribution in [1.82, 2.24) is 20.2 Å². The highest BCUT2D eigenvalue weighted by Gasteiger charge is 2.09. The zero-order valence-electron chi connectivity index (χ0n) is 12.7. The molecule has 0 N–H and O–H groups in total. The summed E-state index contributed by atoms with van der Waals surface area (Å²) in [5.74, 6) is 0.945. The van der Waals surface area contributed by atoms with Gasteiger partial charge in [-0.1, -0.05) is 25.6 Å². The molecule has 1 heterocycles. The van der Waals surface area contributed by atoms with Crippen LogP contribution in [0.2, 0.25) is 0 Å². The van der Waals surface area contributed by atoms with Crippen LogP contribution in [0.4, 0.5) is 4.39 Å². The maximum Gasteiger partial charge on any atom is 0.209 e. The van der Waals surface area contributed by atoms with Crippen LogP contribution in [0.3, 0.4) is 0 Å². The topological polar surface area (TPSA) is 60.7 Å². The molecule has 0 unspecified atom stereocenters. The fraction of sp³-hybridized carbons (Fsp3) is 0.467. The van der Waals surface area contributed by atoms with Gasteiger partial charge in [0.05, 0.1) is 0 Å². The molecular weight excluding hydrogens is 303 g/mol. The smallest absolute Gasteiger partial charge is 0.209 e. The highest BCUT2D eigenvalue weighted by Crippen LogP contribution is 2.17. The molecule has 0 spiro atoms. The molecule has 0 bridgehead atoms. The molecule has 0 fully saturated rings. The molecule has 1 aromatic heterocycles. The zero-order valence-corrected chi connectivity index (χ0v) is 13.5. The first-order chi connectivity index (χ1) is 10.6. The van der Waals surface area contributed by atoms with Crippen LogP contribution >= 0.6 is 11.8 Å². The van der Waals surface area contributed by atoms with E-state index in [-0.39, 0.29) is 11.6 Å². The maximum absolute atomic E-state index is 12.8. The number of carbonyl (C=O) groups excluding carboxylic acids is 1. The second-order valence-electron chi connectivity index (χ2n) is 5.42. The summed E-state index contributed by atoms with van der Waals surface area (Å²) in [7, 11) is 0. The summed E-state index contributed by atoms with van der Waals surface area (Å²) in [6.07, 6.45) is 1.17. The molecule has 0 aliphatic carbocycles. The van der Waals surface area contributed by atoms with Gasteiger partial charge in [0, 0.05) is 24.3 Å². The average Bonchev–Trinajstić information content (AvgIpc) is 2.90. The Balaban J connectivity index is 1.76. The van der Waals surface area contributed by atoms with E-state index in [9.17, 15) is 9.18 Å². The SMILES string of the molecule is CC(C)Cn1nnnc1SCCCC(=O)c1ccc(F)cc1. The number of rotatable bonds is 8. The van der Waals surface area contributed by atoms with Gasteiger partial charge in [-0.15, -0.1) is 5.10 Å². The van der Waals surface area contributed by atoms with E-state index in [2.05, 4.69) is 29.4 Å². The van der Waals surface area contributed by atoms with Crippen LogP contribution in [0.5, 0.6) is 0 Å². The summed E-state index contributed by atoms with van der Waals surface area (Å²) in [5, 5.41) is 12.4. The van der Waals surface area contributed by atoms with Crippen molar-refractivity contribution in [2.75, 3.05) is 5.75 Å². The number of tetrazole rings is 1. The van der Waals surface area contributed by atoms with Gasteiger partial charge in [0.2, 0.25) is 5.16 Å². The molecule has 0 atom stereocenters. The van der Waals surface area contributed by atoms with E-state index in [0.29, 0.717) is 17.9 Å². The van der Waals surface area contributed by atoms with Crippen LogP contribution in [-0.4, -0.2) is 31.7 Å². The molecule has 5 nitrogen and oxygen atoms in total. The normalized spacial score (nSPS) is 11.1. The quantitative estimate of drug-likeness (QED) is 0.424. The van der Waals surface area contributed by atoms with E-state index in [4.69, 9.17) is 0 Å². The fourth-order valence-electron chi connectivity index (χ4n) is 1.94. The van der Waals surface area contributed by atoms with E-state index >= 15 is 0 Å². The Kier molecular flexibility index (Phi) is 6.06. The molecule has 0 saturated carbocycles. The van der Waals surface area contributed by atoms with Gasteiger partial charge in [0.1, 0.15) is 5.82 Å². The van der Waals surface area contributed by atoms with Gasteiger partial charge in [-0.3, -0.25) is 4.79 Å². The van der Waals surface area contributed by atoms with E-state index in [1.54, 1.807) is 16.4 Å². The summed E-state index contributed by atoms with van der Waals surface area (Å²) in [5.41, 5.74) is 0.552. The number of hydrogen-bond donors (Lipinski definition) is 0. The second-order valence-corrected chi connectivity index (χ2v) is 6.48. The van der Waals surface area contributed by atoms with Crippen molar-refractivity contribution in [1.29, 1.82) is 0 Å². The van der Waals surface area contributed by atoms with E-state index in [1.165, 1.54) is 24.3 Å². The highest BCUT2D eigenvalue weighted by atomic mass is 32.2. The van der Waals surface area contributed by atoms with Gasteiger partial charge >= 0.3 is 0 Å². The van der Waals surface area contributed by atoms with Crippen molar-refractivity contribution in [3.63, 3.8) is 0 Å². The zero-order chi connectivity index (χ0) is 15.9. The Labute approximate surface area is 133 Å². The van der Waals surface area contributed by atoms with Gasteiger partial charge in [-0.25, -0.2) is 9.07 Å². The molecule has 7 heteroatoms. The van der Waals surface area contributed by atoms with Crippen LogP contribution in [0.1, 0.15) is 37.0 Å². The minimum absolute atomic E-state index is 0.0300. The minimum Gasteiger partial charge on any atom is -0.294 e. The van der Waals surface area contributed by atoms with Crippen LogP contribution in [0, 0.1) is 11.7 Å². The lowest BCUT2D eigenvalue weighted by atomic mass is 10.1. The standard InChI is InChI=1S/C15H19FN4OS/c1-11(2)10-20-15(17-18-19-20)22-9-3-4-14(21)12-5-7-13(16)8-6-12/h5-8,11H,3-4,9-10H2,1-2H3. The Bertz CT molecular complexity index is 612. The summed E-state index contributed by atoms with van der Waals surface area (Å²) in [6, 6.07) is 5.66. The molecular formula is C15H19FN4OS. The number of nitrogens with zero attached hydrogens (tertiary/aromatic N) is 4. The molecule has 1 aromatic carbocycles. The lowest BCUT2D eigenvalue weighted by molar-refractivity contribution is 0.0982. The molecule has 0 amide bonds. The third kappa shape index (κ3) is 4.91. The number of hydrogen-bond acceptors (Lipinski definition) is 5. The Hall–Kier alpha value is -1.76. The lowest BCUT2D eigenvalue weighted by Crippen LogP contribution is -2.08. The second kappa shape index (κ2) is 8.03. The first-order valence-electron chi connectivity index (χ1n) is 7.24. The third-order valence-electron chi connectivity index (χ3n) is 2.98. The summed E-state index contributed by atoms with van der Waals surface area (Å²) >= 11 is 1.55. The Morgan fingerprint density at radius 2 is 2.05 bits per heavy atom. The molecule has 0 radical (unpaired) electrons. The predicted octanol–water partition coefficient (Wildman–Crippen LogP) is 3.22. The van der Waals surface area contributed by atoms with Gasteiger partial charge in [-0.2, -0.15) is 0 Å².